The highest BCUT2D eigenvalue weighted by Gasteiger charge is 2.29. The maximum atomic E-state index is 11.5. The minimum Gasteiger partial charge on any atom is -0.384 e. The number of nitrogens with zero attached hydrogens (tertiary/aromatic N) is 3. The Morgan fingerprint density at radius 3 is 2.89 bits per heavy atom. The molecular formula is C12H19N5O2. The van der Waals surface area contributed by atoms with Gasteiger partial charge < -0.3 is 21.1 Å². The summed E-state index contributed by atoms with van der Waals surface area (Å²) in [7, 11) is 0. The van der Waals surface area contributed by atoms with E-state index in [1.165, 1.54) is 0 Å². The van der Waals surface area contributed by atoms with Crippen molar-refractivity contribution < 1.29 is 9.53 Å². The molecule has 0 saturated carbocycles. The third-order valence-electron chi connectivity index (χ3n) is 3.02. The minimum absolute atomic E-state index is 0.162. The standard InChI is InChI=1S/C12H19N5O2/c1-7(2)12-15-9(13)5-10(16-12)17-3-4-19-6-8(17)11(14)18/h5,7-8H,3-4,6H2,1-2H3,(H2,14,18)(H2,13,15,16). The van der Waals surface area contributed by atoms with Gasteiger partial charge in [0.15, 0.2) is 0 Å². The van der Waals surface area contributed by atoms with E-state index in [0.29, 0.717) is 30.6 Å². The SMILES string of the molecule is CC(C)c1nc(N)cc(N2CCOCC2C(N)=O)n1. The van der Waals surface area contributed by atoms with Gasteiger partial charge in [0.25, 0.3) is 0 Å². The van der Waals surface area contributed by atoms with Gasteiger partial charge in [-0.1, -0.05) is 13.8 Å². The molecular weight excluding hydrogens is 246 g/mol. The lowest BCUT2D eigenvalue weighted by atomic mass is 10.2. The summed E-state index contributed by atoms with van der Waals surface area (Å²) >= 11 is 0. The van der Waals surface area contributed by atoms with E-state index in [0.717, 1.165) is 0 Å². The van der Waals surface area contributed by atoms with E-state index >= 15 is 0 Å². The van der Waals surface area contributed by atoms with E-state index in [-0.39, 0.29) is 12.5 Å². The van der Waals surface area contributed by atoms with Gasteiger partial charge in [0, 0.05) is 18.5 Å². The lowest BCUT2D eigenvalue weighted by Gasteiger charge is -2.34. The van der Waals surface area contributed by atoms with Crippen LogP contribution in [0.2, 0.25) is 0 Å². The molecule has 104 valence electrons. The number of ether oxygens (including phenoxy) is 1. The molecule has 19 heavy (non-hydrogen) atoms. The molecule has 7 heteroatoms. The molecule has 1 amide bonds. The number of carbonyl (C=O) groups is 1. The van der Waals surface area contributed by atoms with Crippen molar-refractivity contribution in [1.82, 2.24) is 9.97 Å². The third-order valence-corrected chi connectivity index (χ3v) is 3.02. The van der Waals surface area contributed by atoms with Crippen LogP contribution in [0.5, 0.6) is 0 Å². The minimum atomic E-state index is -0.511. The zero-order valence-corrected chi connectivity index (χ0v) is 11.2. The molecule has 1 fully saturated rings. The van der Waals surface area contributed by atoms with Crippen molar-refractivity contribution in [3.05, 3.63) is 11.9 Å². The number of morpholine rings is 1. The number of carbonyl (C=O) groups excluding carboxylic acids is 1. The highest BCUT2D eigenvalue weighted by Crippen LogP contribution is 2.21. The molecule has 1 saturated heterocycles. The van der Waals surface area contributed by atoms with Crippen molar-refractivity contribution in [3.8, 4) is 0 Å². The summed E-state index contributed by atoms with van der Waals surface area (Å²) in [5.74, 6) is 1.41. The molecule has 1 aromatic heterocycles. The highest BCUT2D eigenvalue weighted by atomic mass is 16.5. The molecule has 0 bridgehead atoms. The van der Waals surface area contributed by atoms with Gasteiger partial charge in [-0.05, 0) is 0 Å². The number of nitrogens with two attached hydrogens (primary N) is 2. The Morgan fingerprint density at radius 2 is 2.26 bits per heavy atom. The van der Waals surface area contributed by atoms with Crippen molar-refractivity contribution >= 4 is 17.5 Å². The van der Waals surface area contributed by atoms with Crippen molar-refractivity contribution in [2.24, 2.45) is 5.73 Å². The average molecular weight is 265 g/mol. The van der Waals surface area contributed by atoms with Crippen LogP contribution in [0.4, 0.5) is 11.6 Å². The Labute approximate surface area is 111 Å². The van der Waals surface area contributed by atoms with E-state index in [2.05, 4.69) is 9.97 Å². The van der Waals surface area contributed by atoms with E-state index in [1.54, 1.807) is 6.07 Å². The predicted molar refractivity (Wildman–Crippen MR) is 71.7 cm³/mol. The van der Waals surface area contributed by atoms with Crippen molar-refractivity contribution in [3.63, 3.8) is 0 Å². The largest absolute Gasteiger partial charge is 0.384 e. The Balaban J connectivity index is 2.35. The Morgan fingerprint density at radius 1 is 1.53 bits per heavy atom. The van der Waals surface area contributed by atoms with Gasteiger partial charge in [-0.15, -0.1) is 0 Å². The second-order valence-corrected chi connectivity index (χ2v) is 4.85. The van der Waals surface area contributed by atoms with Gasteiger partial charge in [0.2, 0.25) is 5.91 Å². The molecule has 1 unspecified atom stereocenters. The highest BCUT2D eigenvalue weighted by molar-refractivity contribution is 5.83. The number of aromatic nitrogens is 2. The van der Waals surface area contributed by atoms with Crippen LogP contribution in [0.3, 0.4) is 0 Å². The van der Waals surface area contributed by atoms with E-state index in [1.807, 2.05) is 18.7 Å². The van der Waals surface area contributed by atoms with Crippen molar-refractivity contribution in [2.45, 2.75) is 25.8 Å². The van der Waals surface area contributed by atoms with Gasteiger partial charge in [0.05, 0.1) is 13.2 Å². The number of amides is 1. The molecule has 1 aliphatic heterocycles. The van der Waals surface area contributed by atoms with Crippen LogP contribution in [0.15, 0.2) is 6.07 Å². The Hall–Kier alpha value is -1.89. The first-order valence-corrected chi connectivity index (χ1v) is 6.27. The quantitative estimate of drug-likeness (QED) is 0.788. The monoisotopic (exact) mass is 265 g/mol. The maximum absolute atomic E-state index is 11.5. The lowest BCUT2D eigenvalue weighted by molar-refractivity contribution is -0.121. The average Bonchev–Trinajstić information content (AvgIpc) is 2.37. The van der Waals surface area contributed by atoms with Gasteiger partial charge in [-0.3, -0.25) is 4.79 Å². The van der Waals surface area contributed by atoms with Gasteiger partial charge in [0.1, 0.15) is 23.5 Å². The van der Waals surface area contributed by atoms with Crippen molar-refractivity contribution in [2.75, 3.05) is 30.4 Å². The second-order valence-electron chi connectivity index (χ2n) is 4.85. The molecule has 4 N–H and O–H groups in total. The number of nitrogen functional groups attached to an aromatic ring is 1. The second kappa shape index (κ2) is 5.40. The molecule has 7 nitrogen and oxygen atoms in total. The Kier molecular flexibility index (Phi) is 3.84. The first-order valence-electron chi connectivity index (χ1n) is 6.27. The van der Waals surface area contributed by atoms with Crippen LogP contribution >= 0.6 is 0 Å². The number of anilines is 2. The summed E-state index contributed by atoms with van der Waals surface area (Å²) in [6.07, 6.45) is 0. The molecule has 0 aliphatic carbocycles. The van der Waals surface area contributed by atoms with E-state index in [4.69, 9.17) is 16.2 Å². The number of rotatable bonds is 3. The molecule has 1 aliphatic rings. The van der Waals surface area contributed by atoms with E-state index < -0.39 is 11.9 Å². The zero-order valence-electron chi connectivity index (χ0n) is 11.2. The molecule has 0 aromatic carbocycles. The molecule has 2 rings (SSSR count). The van der Waals surface area contributed by atoms with Gasteiger partial charge in [-0.2, -0.15) is 0 Å². The zero-order chi connectivity index (χ0) is 14.0. The van der Waals surface area contributed by atoms with Crippen LogP contribution in [0, 0.1) is 0 Å². The summed E-state index contributed by atoms with van der Waals surface area (Å²) in [6.45, 7) is 5.34. The van der Waals surface area contributed by atoms with Crippen LogP contribution < -0.4 is 16.4 Å². The van der Waals surface area contributed by atoms with Crippen LogP contribution in [-0.2, 0) is 9.53 Å². The smallest absolute Gasteiger partial charge is 0.242 e. The fourth-order valence-corrected chi connectivity index (χ4v) is 1.99. The molecule has 0 spiro atoms. The first kappa shape index (κ1) is 13.5. The molecule has 2 heterocycles. The molecule has 0 radical (unpaired) electrons. The van der Waals surface area contributed by atoms with Crippen LogP contribution in [-0.4, -0.2) is 41.7 Å². The summed E-state index contributed by atoms with van der Waals surface area (Å²) in [4.78, 5) is 21.9. The summed E-state index contributed by atoms with van der Waals surface area (Å²) in [5, 5.41) is 0. The summed E-state index contributed by atoms with van der Waals surface area (Å²) in [5.41, 5.74) is 11.2. The summed E-state index contributed by atoms with van der Waals surface area (Å²) < 4.78 is 5.29. The topological polar surface area (TPSA) is 107 Å². The summed E-state index contributed by atoms with van der Waals surface area (Å²) in [6, 6.07) is 1.15. The van der Waals surface area contributed by atoms with Crippen LogP contribution in [0.25, 0.3) is 0 Å². The third kappa shape index (κ3) is 2.93. The fraction of sp³-hybridized carbons (Fsp3) is 0.583. The normalized spacial score (nSPS) is 19.7. The van der Waals surface area contributed by atoms with Crippen molar-refractivity contribution in [1.29, 1.82) is 0 Å². The molecule has 1 atom stereocenters. The number of primary amides is 1. The number of hydrogen-bond donors (Lipinski definition) is 2. The van der Waals surface area contributed by atoms with Gasteiger partial charge >= 0.3 is 0 Å². The fourth-order valence-electron chi connectivity index (χ4n) is 1.99. The van der Waals surface area contributed by atoms with Gasteiger partial charge in [-0.25, -0.2) is 9.97 Å². The van der Waals surface area contributed by atoms with E-state index in [9.17, 15) is 4.79 Å². The lowest BCUT2D eigenvalue weighted by Crippen LogP contribution is -2.53. The molecule has 1 aromatic rings. The Bertz CT molecular complexity index is 477. The van der Waals surface area contributed by atoms with Crippen LogP contribution in [0.1, 0.15) is 25.6 Å². The predicted octanol–water partition coefficient (Wildman–Crippen LogP) is -0.127. The maximum Gasteiger partial charge on any atom is 0.242 e. The first-order chi connectivity index (χ1) is 8.99. The number of hydrogen-bond acceptors (Lipinski definition) is 6.